The summed E-state index contributed by atoms with van der Waals surface area (Å²) in [5.41, 5.74) is -0.813. The minimum absolute atomic E-state index is 0.149. The van der Waals surface area contributed by atoms with Crippen molar-refractivity contribution in [3.8, 4) is 0 Å². The lowest BCUT2D eigenvalue weighted by molar-refractivity contribution is -0.139. The largest absolute Gasteiger partial charge is 0.340 e. The van der Waals surface area contributed by atoms with Crippen LogP contribution in [0.3, 0.4) is 0 Å². The number of likely N-dealkylation sites (tertiary alicyclic amines) is 1. The molecular weight excluding hydrogens is 284 g/mol. The Morgan fingerprint density at radius 2 is 2.09 bits per heavy atom. The molecule has 3 aliphatic rings. The molecule has 4 amide bonds. The molecule has 122 valence electrons. The maximum atomic E-state index is 12.5. The molecule has 22 heavy (non-hydrogen) atoms. The summed E-state index contributed by atoms with van der Waals surface area (Å²) in [6, 6.07) is -0.146. The first-order chi connectivity index (χ1) is 10.5. The van der Waals surface area contributed by atoms with Gasteiger partial charge in [0, 0.05) is 19.1 Å². The maximum absolute atomic E-state index is 12.5. The zero-order valence-corrected chi connectivity index (χ0v) is 13.2. The smallest absolute Gasteiger partial charge is 0.325 e. The summed E-state index contributed by atoms with van der Waals surface area (Å²) >= 11 is 0. The lowest BCUT2D eigenvalue weighted by atomic mass is 9.96. The SMILES string of the molecule is CNC1CCCN(C(=O)CN2C(=O)NC(C)(C3CC3)C2=O)C1. The van der Waals surface area contributed by atoms with Crippen LogP contribution in [0.1, 0.15) is 32.6 Å². The van der Waals surface area contributed by atoms with Gasteiger partial charge < -0.3 is 15.5 Å². The van der Waals surface area contributed by atoms with Crippen molar-refractivity contribution >= 4 is 17.8 Å². The number of piperidine rings is 1. The molecule has 1 aliphatic carbocycles. The second-order valence-electron chi connectivity index (χ2n) is 6.77. The van der Waals surface area contributed by atoms with E-state index in [2.05, 4.69) is 10.6 Å². The molecule has 2 heterocycles. The number of carbonyl (C=O) groups excluding carboxylic acids is 3. The fourth-order valence-electron chi connectivity index (χ4n) is 3.47. The predicted molar refractivity (Wildman–Crippen MR) is 80.0 cm³/mol. The van der Waals surface area contributed by atoms with E-state index in [0.717, 1.165) is 30.6 Å². The zero-order valence-electron chi connectivity index (χ0n) is 13.2. The number of urea groups is 1. The molecular formula is C15H24N4O3. The number of hydrogen-bond donors (Lipinski definition) is 2. The number of rotatable bonds is 4. The van der Waals surface area contributed by atoms with Crippen LogP contribution in [0.4, 0.5) is 4.79 Å². The zero-order chi connectivity index (χ0) is 15.9. The summed E-state index contributed by atoms with van der Waals surface area (Å²) in [5.74, 6) is -0.188. The van der Waals surface area contributed by atoms with Gasteiger partial charge >= 0.3 is 6.03 Å². The molecule has 7 nitrogen and oxygen atoms in total. The molecule has 0 spiro atoms. The van der Waals surface area contributed by atoms with Crippen LogP contribution in [0.15, 0.2) is 0 Å². The molecule has 2 saturated heterocycles. The van der Waals surface area contributed by atoms with Gasteiger partial charge in [-0.15, -0.1) is 0 Å². The van der Waals surface area contributed by atoms with Crippen molar-refractivity contribution in [3.05, 3.63) is 0 Å². The first-order valence-electron chi connectivity index (χ1n) is 8.05. The van der Waals surface area contributed by atoms with Crippen molar-refractivity contribution in [2.45, 2.75) is 44.2 Å². The van der Waals surface area contributed by atoms with Crippen molar-refractivity contribution in [1.82, 2.24) is 20.4 Å². The topological polar surface area (TPSA) is 81.8 Å². The summed E-state index contributed by atoms with van der Waals surface area (Å²) < 4.78 is 0. The molecule has 1 saturated carbocycles. The van der Waals surface area contributed by atoms with Gasteiger partial charge in [0.1, 0.15) is 12.1 Å². The standard InChI is InChI=1S/C15H24N4O3/c1-15(10-5-6-10)13(21)19(14(22)17-15)9-12(20)18-7-3-4-11(8-18)16-2/h10-11,16H,3-9H2,1-2H3,(H,17,22). The molecule has 0 radical (unpaired) electrons. The molecule has 2 unspecified atom stereocenters. The number of nitrogens with zero attached hydrogens (tertiary/aromatic N) is 2. The highest BCUT2D eigenvalue weighted by molar-refractivity contribution is 6.09. The van der Waals surface area contributed by atoms with Gasteiger partial charge in [0.25, 0.3) is 5.91 Å². The summed E-state index contributed by atoms with van der Waals surface area (Å²) in [4.78, 5) is 39.9. The minimum atomic E-state index is -0.813. The second-order valence-corrected chi connectivity index (χ2v) is 6.77. The van der Waals surface area contributed by atoms with Crippen LogP contribution in [-0.4, -0.2) is 65.9 Å². The molecule has 2 N–H and O–H groups in total. The van der Waals surface area contributed by atoms with E-state index in [9.17, 15) is 14.4 Å². The highest BCUT2D eigenvalue weighted by atomic mass is 16.2. The molecule has 3 rings (SSSR count). The van der Waals surface area contributed by atoms with Crippen LogP contribution in [0, 0.1) is 5.92 Å². The van der Waals surface area contributed by atoms with Gasteiger partial charge in [0.2, 0.25) is 5.91 Å². The molecule has 2 aliphatic heterocycles. The van der Waals surface area contributed by atoms with Gasteiger partial charge in [-0.1, -0.05) is 0 Å². The van der Waals surface area contributed by atoms with Crippen LogP contribution in [0.5, 0.6) is 0 Å². The fraction of sp³-hybridized carbons (Fsp3) is 0.800. The number of likely N-dealkylation sites (N-methyl/N-ethyl adjacent to an activating group) is 1. The van der Waals surface area contributed by atoms with Crippen molar-refractivity contribution in [1.29, 1.82) is 0 Å². The van der Waals surface area contributed by atoms with Gasteiger partial charge in [-0.2, -0.15) is 0 Å². The number of nitrogens with one attached hydrogen (secondary N) is 2. The van der Waals surface area contributed by atoms with Gasteiger partial charge in [-0.3, -0.25) is 14.5 Å². The third-order valence-corrected chi connectivity index (χ3v) is 5.17. The average Bonchev–Trinajstić information content (AvgIpc) is 3.33. The van der Waals surface area contributed by atoms with Crippen molar-refractivity contribution in [2.75, 3.05) is 26.7 Å². The van der Waals surface area contributed by atoms with E-state index in [-0.39, 0.29) is 30.3 Å². The molecule has 2 atom stereocenters. The Morgan fingerprint density at radius 3 is 2.73 bits per heavy atom. The molecule has 0 aromatic rings. The normalized spacial score (nSPS) is 32.4. The van der Waals surface area contributed by atoms with Crippen LogP contribution >= 0.6 is 0 Å². The Bertz CT molecular complexity index is 505. The molecule has 0 aromatic carbocycles. The van der Waals surface area contributed by atoms with Crippen LogP contribution in [0.25, 0.3) is 0 Å². The van der Waals surface area contributed by atoms with E-state index in [1.54, 1.807) is 11.8 Å². The second kappa shape index (κ2) is 5.53. The van der Waals surface area contributed by atoms with Crippen molar-refractivity contribution in [3.63, 3.8) is 0 Å². The first kappa shape index (κ1) is 15.3. The third kappa shape index (κ3) is 2.58. The van der Waals surface area contributed by atoms with Crippen molar-refractivity contribution in [2.24, 2.45) is 5.92 Å². The molecule has 0 aromatic heterocycles. The van der Waals surface area contributed by atoms with E-state index in [1.165, 1.54) is 0 Å². The number of hydrogen-bond acceptors (Lipinski definition) is 4. The fourth-order valence-corrected chi connectivity index (χ4v) is 3.47. The minimum Gasteiger partial charge on any atom is -0.340 e. The average molecular weight is 308 g/mol. The predicted octanol–water partition coefficient (Wildman–Crippen LogP) is -0.0827. The Hall–Kier alpha value is -1.63. The summed E-state index contributed by atoms with van der Waals surface area (Å²) in [6.07, 6.45) is 3.90. The number of imide groups is 1. The van der Waals surface area contributed by atoms with Crippen LogP contribution < -0.4 is 10.6 Å². The van der Waals surface area contributed by atoms with E-state index in [1.807, 2.05) is 7.05 Å². The Morgan fingerprint density at radius 1 is 1.36 bits per heavy atom. The van der Waals surface area contributed by atoms with E-state index in [0.29, 0.717) is 13.1 Å². The first-order valence-corrected chi connectivity index (χ1v) is 8.05. The third-order valence-electron chi connectivity index (χ3n) is 5.17. The lowest BCUT2D eigenvalue weighted by Crippen LogP contribution is -2.51. The van der Waals surface area contributed by atoms with E-state index < -0.39 is 11.6 Å². The summed E-state index contributed by atoms with van der Waals surface area (Å²) in [7, 11) is 1.89. The van der Waals surface area contributed by atoms with E-state index >= 15 is 0 Å². The van der Waals surface area contributed by atoms with Gasteiger partial charge in [-0.25, -0.2) is 4.79 Å². The molecule has 0 bridgehead atoms. The molecule has 7 heteroatoms. The van der Waals surface area contributed by atoms with Crippen LogP contribution in [-0.2, 0) is 9.59 Å². The van der Waals surface area contributed by atoms with Crippen molar-refractivity contribution < 1.29 is 14.4 Å². The van der Waals surface area contributed by atoms with Gasteiger partial charge in [-0.05, 0) is 45.6 Å². The van der Waals surface area contributed by atoms with E-state index in [4.69, 9.17) is 0 Å². The number of amides is 4. The lowest BCUT2D eigenvalue weighted by Gasteiger charge is -2.33. The molecule has 3 fully saturated rings. The Labute approximate surface area is 130 Å². The Kier molecular flexibility index (Phi) is 3.84. The maximum Gasteiger partial charge on any atom is 0.325 e. The monoisotopic (exact) mass is 308 g/mol. The van der Waals surface area contributed by atoms with Gasteiger partial charge in [0.15, 0.2) is 0 Å². The highest BCUT2D eigenvalue weighted by Gasteiger charge is 2.56. The summed E-state index contributed by atoms with van der Waals surface area (Å²) in [6.45, 7) is 2.95. The van der Waals surface area contributed by atoms with Gasteiger partial charge in [0.05, 0.1) is 0 Å². The quantitative estimate of drug-likeness (QED) is 0.712. The Balaban J connectivity index is 1.64. The summed E-state index contributed by atoms with van der Waals surface area (Å²) in [5, 5.41) is 5.96. The number of carbonyl (C=O) groups is 3. The highest BCUT2D eigenvalue weighted by Crippen LogP contribution is 2.42. The van der Waals surface area contributed by atoms with Crippen LogP contribution in [0.2, 0.25) is 0 Å².